The van der Waals surface area contributed by atoms with E-state index >= 15 is 0 Å². The Morgan fingerprint density at radius 1 is 1.22 bits per heavy atom. The molecule has 2 heterocycles. The number of pyridine rings is 1. The highest BCUT2D eigenvalue weighted by molar-refractivity contribution is 6.32. The summed E-state index contributed by atoms with van der Waals surface area (Å²) in [7, 11) is 0. The number of benzene rings is 2. The van der Waals surface area contributed by atoms with Gasteiger partial charge in [-0.25, -0.2) is 20.2 Å². The van der Waals surface area contributed by atoms with Gasteiger partial charge >= 0.3 is 5.97 Å². The molecule has 2 aromatic heterocycles. The molecule has 4 aromatic rings. The monoisotopic (exact) mass is 514 g/mol. The summed E-state index contributed by atoms with van der Waals surface area (Å²) in [6, 6.07) is 18.7. The van der Waals surface area contributed by atoms with Crippen LogP contribution in [0.4, 0.5) is 5.95 Å². The van der Waals surface area contributed by atoms with E-state index in [1.54, 1.807) is 49.4 Å². The molecule has 0 saturated carbocycles. The van der Waals surface area contributed by atoms with Crippen LogP contribution in [0.2, 0.25) is 5.02 Å². The molecule has 184 valence electrons. The number of ether oxygens (including phenoxy) is 2. The number of carbonyl (C=O) groups excluding carboxylic acids is 1. The Bertz CT molecular complexity index is 1560. The Morgan fingerprint density at radius 3 is 2.76 bits per heavy atom. The molecule has 0 aliphatic carbocycles. The second-order valence-electron chi connectivity index (χ2n) is 7.38. The molecule has 37 heavy (non-hydrogen) atoms. The van der Waals surface area contributed by atoms with E-state index in [2.05, 4.69) is 25.5 Å². The predicted molar refractivity (Wildman–Crippen MR) is 138 cm³/mol. The van der Waals surface area contributed by atoms with Crippen molar-refractivity contribution in [3.63, 3.8) is 0 Å². The van der Waals surface area contributed by atoms with Crippen LogP contribution in [0.5, 0.6) is 11.6 Å². The summed E-state index contributed by atoms with van der Waals surface area (Å²) in [6.07, 6.45) is 2.91. The van der Waals surface area contributed by atoms with E-state index in [0.717, 1.165) is 0 Å². The maximum atomic E-state index is 12.3. The van der Waals surface area contributed by atoms with Crippen molar-refractivity contribution in [2.45, 2.75) is 6.92 Å². The molecule has 2 aromatic carbocycles. The van der Waals surface area contributed by atoms with Gasteiger partial charge in [0, 0.05) is 17.8 Å². The molecule has 4 rings (SSSR count). The number of rotatable bonds is 8. The summed E-state index contributed by atoms with van der Waals surface area (Å²) < 4.78 is 10.7. The smallest absolute Gasteiger partial charge is 0.338 e. The van der Waals surface area contributed by atoms with Gasteiger partial charge < -0.3 is 9.47 Å². The van der Waals surface area contributed by atoms with Crippen LogP contribution in [0, 0.1) is 11.3 Å². The molecule has 0 amide bonds. The van der Waals surface area contributed by atoms with Crippen molar-refractivity contribution in [2.75, 3.05) is 12.0 Å². The maximum Gasteiger partial charge on any atom is 0.338 e. The number of carbonyl (C=O) groups is 1. The number of hydrogen-bond acceptors (Lipinski definition) is 9. The van der Waals surface area contributed by atoms with Crippen molar-refractivity contribution in [1.29, 1.82) is 5.26 Å². The van der Waals surface area contributed by atoms with Crippen molar-refractivity contribution < 1.29 is 14.3 Å². The third-order valence-corrected chi connectivity index (χ3v) is 5.17. The van der Waals surface area contributed by atoms with Crippen LogP contribution in [-0.2, 0) is 4.74 Å². The molecule has 0 radical (unpaired) electrons. The van der Waals surface area contributed by atoms with Crippen LogP contribution in [0.25, 0.3) is 11.3 Å². The van der Waals surface area contributed by atoms with Gasteiger partial charge in [0.05, 0.1) is 29.1 Å². The summed E-state index contributed by atoms with van der Waals surface area (Å²) in [5, 5.41) is 13.7. The topological polar surface area (TPSA) is 142 Å². The summed E-state index contributed by atoms with van der Waals surface area (Å²) >= 11 is 6.35. The maximum absolute atomic E-state index is 12.3. The van der Waals surface area contributed by atoms with E-state index in [9.17, 15) is 14.9 Å². The van der Waals surface area contributed by atoms with Gasteiger partial charge in [-0.3, -0.25) is 9.78 Å². The van der Waals surface area contributed by atoms with Crippen molar-refractivity contribution in [1.82, 2.24) is 15.0 Å². The van der Waals surface area contributed by atoms with Crippen LogP contribution >= 0.6 is 11.6 Å². The van der Waals surface area contributed by atoms with E-state index in [0.29, 0.717) is 22.4 Å². The minimum absolute atomic E-state index is 0.0673. The van der Waals surface area contributed by atoms with Crippen LogP contribution in [-0.4, -0.2) is 33.7 Å². The Labute approximate surface area is 216 Å². The normalized spacial score (nSPS) is 10.6. The number of halogens is 1. The number of H-pyrrole nitrogens is 1. The number of esters is 1. The Hall–Kier alpha value is -5.01. The molecule has 2 N–H and O–H groups in total. The van der Waals surface area contributed by atoms with E-state index in [4.69, 9.17) is 21.1 Å². The minimum Gasteiger partial charge on any atom is -0.462 e. The SMILES string of the molecule is CCOC(=O)c1ccnc(Oc2ccc(C=NNc3nc(-c4ccccc4)c(C#N)c(=O)[nH]3)cc2Cl)c1. The first-order valence-corrected chi connectivity index (χ1v) is 11.4. The van der Waals surface area contributed by atoms with Crippen LogP contribution in [0.3, 0.4) is 0 Å². The molecular formula is C26H19ClN6O4. The molecule has 0 atom stereocenters. The molecule has 11 heteroatoms. The summed E-state index contributed by atoms with van der Waals surface area (Å²) in [5.41, 5.74) is 3.79. The van der Waals surface area contributed by atoms with Gasteiger partial charge in [0.1, 0.15) is 17.4 Å². The first-order valence-electron chi connectivity index (χ1n) is 11.0. The third kappa shape index (κ3) is 6.17. The van der Waals surface area contributed by atoms with Crippen LogP contribution in [0.1, 0.15) is 28.4 Å². The third-order valence-electron chi connectivity index (χ3n) is 4.88. The molecule has 0 saturated heterocycles. The summed E-state index contributed by atoms with van der Waals surface area (Å²) in [6.45, 7) is 1.98. The first-order chi connectivity index (χ1) is 18.0. The Balaban J connectivity index is 1.48. The van der Waals surface area contributed by atoms with Gasteiger partial charge in [-0.1, -0.05) is 41.9 Å². The predicted octanol–water partition coefficient (Wildman–Crippen LogP) is 4.77. The second kappa shape index (κ2) is 11.6. The Kier molecular flexibility index (Phi) is 7.88. The lowest BCUT2D eigenvalue weighted by atomic mass is 10.1. The van der Waals surface area contributed by atoms with Crippen molar-refractivity contribution in [3.05, 3.63) is 98.9 Å². The fraction of sp³-hybridized carbons (Fsp3) is 0.0769. The van der Waals surface area contributed by atoms with Crippen LogP contribution in [0.15, 0.2) is 76.8 Å². The van der Waals surface area contributed by atoms with Gasteiger partial charge in [-0.2, -0.15) is 10.4 Å². The zero-order valence-corrected chi connectivity index (χ0v) is 20.2. The van der Waals surface area contributed by atoms with Crippen molar-refractivity contribution in [3.8, 4) is 29.0 Å². The van der Waals surface area contributed by atoms with E-state index in [1.807, 2.05) is 12.1 Å². The van der Waals surface area contributed by atoms with Gasteiger partial charge in [0.15, 0.2) is 0 Å². The molecule has 0 fully saturated rings. The van der Waals surface area contributed by atoms with Gasteiger partial charge in [0.2, 0.25) is 11.8 Å². The summed E-state index contributed by atoms with van der Waals surface area (Å²) in [5.74, 6) is 0.0954. The first kappa shape index (κ1) is 25.1. The fourth-order valence-electron chi connectivity index (χ4n) is 3.20. The second-order valence-corrected chi connectivity index (χ2v) is 7.79. The molecule has 0 unspecified atom stereocenters. The van der Waals surface area contributed by atoms with E-state index in [-0.39, 0.29) is 34.7 Å². The average molecular weight is 515 g/mol. The summed E-state index contributed by atoms with van der Waals surface area (Å²) in [4.78, 5) is 35.2. The zero-order chi connectivity index (χ0) is 26.2. The van der Waals surface area contributed by atoms with Crippen molar-refractivity contribution >= 4 is 29.7 Å². The Morgan fingerprint density at radius 2 is 2.03 bits per heavy atom. The quantitative estimate of drug-likeness (QED) is 0.194. The van der Waals surface area contributed by atoms with Crippen molar-refractivity contribution in [2.24, 2.45) is 5.10 Å². The van der Waals surface area contributed by atoms with E-state index < -0.39 is 11.5 Å². The molecule has 10 nitrogen and oxygen atoms in total. The zero-order valence-electron chi connectivity index (χ0n) is 19.4. The van der Waals surface area contributed by atoms with Gasteiger partial charge in [-0.05, 0) is 36.8 Å². The number of aromatic nitrogens is 3. The fourth-order valence-corrected chi connectivity index (χ4v) is 3.43. The minimum atomic E-state index is -0.584. The lowest BCUT2D eigenvalue weighted by Crippen LogP contribution is -2.16. The van der Waals surface area contributed by atoms with Crippen LogP contribution < -0.4 is 15.7 Å². The number of hydrogen-bond donors (Lipinski definition) is 2. The number of anilines is 1. The lowest BCUT2D eigenvalue weighted by Gasteiger charge is -2.08. The lowest BCUT2D eigenvalue weighted by molar-refractivity contribution is 0.0525. The highest BCUT2D eigenvalue weighted by Crippen LogP contribution is 2.29. The molecule has 0 bridgehead atoms. The van der Waals surface area contributed by atoms with Gasteiger partial charge in [0.25, 0.3) is 5.56 Å². The number of nitrogens with one attached hydrogen (secondary N) is 2. The highest BCUT2D eigenvalue weighted by atomic mass is 35.5. The molecule has 0 spiro atoms. The number of aromatic amines is 1. The molecular weight excluding hydrogens is 496 g/mol. The number of nitriles is 1. The number of nitrogens with zero attached hydrogens (tertiary/aromatic N) is 4. The standard InChI is InChI=1S/C26H19ClN6O4/c1-2-36-25(35)18-10-11-29-22(13-18)37-21-9-8-16(12-20(21)27)15-30-33-26-31-23(17-6-4-3-5-7-17)19(14-28)24(34)32-26/h3-13,15H,2H2,1H3,(H2,31,32,33,34). The molecule has 0 aliphatic heterocycles. The largest absolute Gasteiger partial charge is 0.462 e. The van der Waals surface area contributed by atoms with Gasteiger partial charge in [-0.15, -0.1) is 0 Å². The number of hydrazone groups is 1. The highest BCUT2D eigenvalue weighted by Gasteiger charge is 2.13. The van der Waals surface area contributed by atoms with E-state index in [1.165, 1.54) is 24.5 Å². The average Bonchev–Trinajstić information content (AvgIpc) is 2.91. The molecule has 0 aliphatic rings.